The third-order valence-corrected chi connectivity index (χ3v) is 7.34. The van der Waals surface area contributed by atoms with E-state index in [0.717, 1.165) is 30.7 Å². The largest absolute Gasteiger partial charge is 0.489 e. The quantitative estimate of drug-likeness (QED) is 0.547. The lowest BCUT2D eigenvalue weighted by molar-refractivity contribution is -0.139. The van der Waals surface area contributed by atoms with E-state index in [1.54, 1.807) is 0 Å². The molecule has 3 N–H and O–H groups in total. The Bertz CT molecular complexity index is 926. The van der Waals surface area contributed by atoms with Gasteiger partial charge in [0, 0.05) is 36.3 Å². The summed E-state index contributed by atoms with van der Waals surface area (Å²) in [5.74, 6) is -0.0945. The Kier molecular flexibility index (Phi) is 6.93. The summed E-state index contributed by atoms with van der Waals surface area (Å²) in [7, 11) is 4.27. The summed E-state index contributed by atoms with van der Waals surface area (Å²) in [6.45, 7) is 0.535. The average molecular weight is 458 g/mol. The number of hydrogen-bond acceptors (Lipinski definition) is 5. The van der Waals surface area contributed by atoms with Crippen LogP contribution in [-0.4, -0.2) is 60.2 Å². The lowest BCUT2D eigenvalue weighted by Gasteiger charge is -2.47. The molecule has 6 nitrogen and oxygen atoms in total. The van der Waals surface area contributed by atoms with Crippen LogP contribution in [0.2, 0.25) is 0 Å². The fraction of sp³-hybridized carbons (Fsp3) is 0.480. The molecule has 0 amide bonds. The molecule has 1 saturated carbocycles. The smallest absolute Gasteiger partial charge is 0.320 e. The Morgan fingerprint density at radius 2 is 2.00 bits per heavy atom. The molecule has 0 aromatic heterocycles. The highest BCUT2D eigenvalue weighted by Crippen LogP contribution is 2.43. The summed E-state index contributed by atoms with van der Waals surface area (Å²) in [5.41, 5.74) is 2.22. The van der Waals surface area contributed by atoms with Gasteiger partial charge in [-0.25, -0.2) is 0 Å². The minimum Gasteiger partial charge on any atom is -0.489 e. The zero-order valence-electron chi connectivity index (χ0n) is 18.6. The number of nitrogens with zero attached hydrogens (tertiary/aromatic N) is 1. The molecule has 2 aromatic rings. The van der Waals surface area contributed by atoms with Gasteiger partial charge >= 0.3 is 5.97 Å². The van der Waals surface area contributed by atoms with Crippen molar-refractivity contribution in [3.8, 4) is 5.75 Å². The number of anilines is 1. The summed E-state index contributed by atoms with van der Waals surface area (Å²) in [6, 6.07) is 18.1. The first-order valence-electron chi connectivity index (χ1n) is 11.2. The van der Waals surface area contributed by atoms with E-state index in [2.05, 4.69) is 60.0 Å². The van der Waals surface area contributed by atoms with Crippen molar-refractivity contribution in [1.82, 2.24) is 10.2 Å². The summed E-state index contributed by atoms with van der Waals surface area (Å²) in [6.07, 6.45) is 3.16. The van der Waals surface area contributed by atoms with Gasteiger partial charge in [0.1, 0.15) is 17.9 Å². The number of rotatable bonds is 7. The van der Waals surface area contributed by atoms with Gasteiger partial charge in [-0.1, -0.05) is 36.4 Å². The second-order valence-corrected chi connectivity index (χ2v) is 9.66. The van der Waals surface area contributed by atoms with Crippen LogP contribution in [0.3, 0.4) is 0 Å². The molecule has 2 aromatic carbocycles. The topological polar surface area (TPSA) is 73.8 Å². The molecule has 0 spiro atoms. The summed E-state index contributed by atoms with van der Waals surface area (Å²) >= 11 is 6.95. The first-order valence-corrected chi connectivity index (χ1v) is 11.7. The van der Waals surface area contributed by atoms with Crippen molar-refractivity contribution >= 4 is 23.3 Å². The Hall–Kier alpha value is -2.28. The molecule has 1 unspecified atom stereocenters. The van der Waals surface area contributed by atoms with Gasteiger partial charge in [-0.2, -0.15) is 0 Å². The molecule has 2 fully saturated rings. The van der Waals surface area contributed by atoms with Gasteiger partial charge in [-0.3, -0.25) is 9.69 Å². The molecular weight excluding hydrogens is 426 g/mol. The fourth-order valence-corrected chi connectivity index (χ4v) is 5.47. The van der Waals surface area contributed by atoms with E-state index in [-0.39, 0.29) is 23.1 Å². The summed E-state index contributed by atoms with van der Waals surface area (Å²) in [5, 5.41) is 15.7. The minimum atomic E-state index is -0.832. The summed E-state index contributed by atoms with van der Waals surface area (Å²) in [4.78, 5) is 13.4. The molecule has 32 heavy (non-hydrogen) atoms. The van der Waals surface area contributed by atoms with Crippen LogP contribution in [-0.2, 0) is 10.3 Å². The molecule has 1 heterocycles. The number of ether oxygens (including phenoxy) is 1. The number of carboxylic acids is 1. The van der Waals surface area contributed by atoms with Gasteiger partial charge in [0.2, 0.25) is 0 Å². The maximum atomic E-state index is 11.1. The van der Waals surface area contributed by atoms with Gasteiger partial charge in [0.15, 0.2) is 0 Å². The average Bonchev–Trinajstić information content (AvgIpc) is 3.25. The number of benzene rings is 2. The molecule has 5 atom stereocenters. The molecule has 0 radical (unpaired) electrons. The highest BCUT2D eigenvalue weighted by Gasteiger charge is 2.43. The molecule has 4 rings (SSSR count). The summed E-state index contributed by atoms with van der Waals surface area (Å²) < 4.78 is 6.03. The van der Waals surface area contributed by atoms with Gasteiger partial charge in [0.25, 0.3) is 0 Å². The molecule has 172 valence electrons. The van der Waals surface area contributed by atoms with Gasteiger partial charge in [0.05, 0.1) is 5.38 Å². The lowest BCUT2D eigenvalue weighted by Crippen LogP contribution is -2.51. The van der Waals surface area contributed by atoms with Crippen molar-refractivity contribution in [2.75, 3.05) is 26.0 Å². The molecule has 2 aliphatic rings. The van der Waals surface area contributed by atoms with Crippen molar-refractivity contribution in [2.45, 2.75) is 54.8 Å². The number of aliphatic carboxylic acids is 1. The third-order valence-electron chi connectivity index (χ3n) is 6.88. The van der Waals surface area contributed by atoms with E-state index in [4.69, 9.17) is 21.4 Å². The first kappa shape index (κ1) is 22.9. The van der Waals surface area contributed by atoms with Crippen LogP contribution in [0.15, 0.2) is 54.6 Å². The van der Waals surface area contributed by atoms with Gasteiger partial charge < -0.3 is 20.5 Å². The highest BCUT2D eigenvalue weighted by molar-refractivity contribution is 6.21. The van der Waals surface area contributed by atoms with E-state index in [9.17, 15) is 4.79 Å². The third kappa shape index (κ3) is 4.87. The van der Waals surface area contributed by atoms with E-state index < -0.39 is 12.0 Å². The van der Waals surface area contributed by atoms with E-state index in [1.807, 2.05) is 24.3 Å². The first-order chi connectivity index (χ1) is 15.4. The van der Waals surface area contributed by atoms with Crippen LogP contribution < -0.4 is 15.4 Å². The second-order valence-electron chi connectivity index (χ2n) is 9.10. The molecule has 7 heteroatoms. The number of hydrogen-bond donors (Lipinski definition) is 3. The van der Waals surface area contributed by atoms with Crippen LogP contribution in [0.5, 0.6) is 5.75 Å². The zero-order chi connectivity index (χ0) is 22.7. The van der Waals surface area contributed by atoms with Crippen LogP contribution in [0.25, 0.3) is 0 Å². The maximum Gasteiger partial charge on any atom is 0.320 e. The van der Waals surface area contributed by atoms with E-state index in [1.165, 1.54) is 5.56 Å². The molecule has 1 saturated heterocycles. The Labute approximate surface area is 194 Å². The van der Waals surface area contributed by atoms with Gasteiger partial charge in [-0.15, -0.1) is 11.6 Å². The van der Waals surface area contributed by atoms with E-state index >= 15 is 0 Å². The standard InChI is InChI=1S/C25H32ClN3O3/c1-29(2)25(17-7-4-3-5-8-17)12-11-22(21(26)15-25)28-18-9-6-10-19(13-18)32-20-14-23(24(30)31)27-16-20/h3-10,13,20-23,27-28H,11-12,14-16H2,1-2H3,(H,30,31)/t20-,21-,22-,23?,25-/m0/s1. The number of halogens is 1. The van der Waals surface area contributed by atoms with Crippen LogP contribution >= 0.6 is 11.6 Å². The zero-order valence-corrected chi connectivity index (χ0v) is 19.4. The minimum absolute atomic E-state index is 0.0220. The highest BCUT2D eigenvalue weighted by atomic mass is 35.5. The SMILES string of the molecule is CN(C)[C@@]1(c2ccccc2)CC[C@H](Nc2cccc(O[C@@H]3CNC(C(=O)O)C3)c2)[C@@H](Cl)C1. The van der Waals surface area contributed by atoms with Crippen molar-refractivity contribution in [2.24, 2.45) is 0 Å². The van der Waals surface area contributed by atoms with Crippen molar-refractivity contribution in [1.29, 1.82) is 0 Å². The monoisotopic (exact) mass is 457 g/mol. The lowest BCUT2D eigenvalue weighted by atomic mass is 9.73. The van der Waals surface area contributed by atoms with Crippen molar-refractivity contribution in [3.05, 3.63) is 60.2 Å². The maximum absolute atomic E-state index is 11.1. The normalized spacial score (nSPS) is 30.2. The Balaban J connectivity index is 1.40. The predicted octanol–water partition coefficient (Wildman–Crippen LogP) is 3.91. The number of nitrogens with one attached hydrogen (secondary N) is 2. The van der Waals surface area contributed by atoms with Gasteiger partial charge in [-0.05, 0) is 51.1 Å². The second kappa shape index (κ2) is 9.69. The van der Waals surface area contributed by atoms with Crippen molar-refractivity contribution in [3.63, 3.8) is 0 Å². The number of carbonyl (C=O) groups is 1. The molecule has 0 bridgehead atoms. The van der Waals surface area contributed by atoms with E-state index in [0.29, 0.717) is 13.0 Å². The number of alkyl halides is 1. The fourth-order valence-electron chi connectivity index (χ4n) is 5.03. The molecule has 1 aliphatic heterocycles. The van der Waals surface area contributed by atoms with Crippen LogP contribution in [0.1, 0.15) is 31.2 Å². The predicted molar refractivity (Wildman–Crippen MR) is 128 cm³/mol. The van der Waals surface area contributed by atoms with Crippen LogP contribution in [0, 0.1) is 0 Å². The Morgan fingerprint density at radius 1 is 1.22 bits per heavy atom. The van der Waals surface area contributed by atoms with Crippen LogP contribution in [0.4, 0.5) is 5.69 Å². The Morgan fingerprint density at radius 3 is 2.66 bits per heavy atom. The molecule has 1 aliphatic carbocycles. The number of carboxylic acid groups (broad SMARTS) is 1. The molecular formula is C25H32ClN3O3. The van der Waals surface area contributed by atoms with Crippen molar-refractivity contribution < 1.29 is 14.6 Å².